The molecule has 7 heteroatoms. The molecule has 1 aliphatic heterocycles. The van der Waals surface area contributed by atoms with Gasteiger partial charge >= 0.3 is 0 Å². The highest BCUT2D eigenvalue weighted by atomic mass is 32.2. The second-order valence-corrected chi connectivity index (χ2v) is 6.25. The molecule has 0 saturated carbocycles. The lowest BCUT2D eigenvalue weighted by Gasteiger charge is -2.26. The molecular formula is C12H21N5S2. The highest BCUT2D eigenvalue weighted by Crippen LogP contribution is 2.16. The summed E-state index contributed by atoms with van der Waals surface area (Å²) < 4.78 is 0. The van der Waals surface area contributed by atoms with Gasteiger partial charge in [0.05, 0.1) is 0 Å². The maximum atomic E-state index is 4.46. The summed E-state index contributed by atoms with van der Waals surface area (Å²) >= 11 is 3.60. The van der Waals surface area contributed by atoms with E-state index in [1.807, 2.05) is 31.1 Å². The molecule has 1 aliphatic rings. The van der Waals surface area contributed by atoms with Crippen LogP contribution in [-0.2, 0) is 0 Å². The van der Waals surface area contributed by atoms with Crippen LogP contribution in [0.15, 0.2) is 11.2 Å². The maximum absolute atomic E-state index is 4.46. The topological polar surface area (TPSA) is 53.1 Å². The first-order chi connectivity index (χ1) is 9.31. The molecule has 2 rings (SSSR count). The van der Waals surface area contributed by atoms with Gasteiger partial charge in [-0.05, 0) is 6.26 Å². The van der Waals surface area contributed by atoms with E-state index in [-0.39, 0.29) is 0 Å². The SMILES string of the molecule is CNc1cc(NCCN2CCSCC2)nc(SC)n1. The van der Waals surface area contributed by atoms with Gasteiger partial charge in [-0.1, -0.05) is 11.8 Å². The van der Waals surface area contributed by atoms with Gasteiger partial charge in [0, 0.05) is 50.8 Å². The zero-order valence-corrected chi connectivity index (χ0v) is 13.1. The van der Waals surface area contributed by atoms with Crippen LogP contribution in [0.25, 0.3) is 0 Å². The van der Waals surface area contributed by atoms with E-state index in [9.17, 15) is 0 Å². The zero-order valence-electron chi connectivity index (χ0n) is 11.5. The van der Waals surface area contributed by atoms with Crippen molar-refractivity contribution in [3.63, 3.8) is 0 Å². The Bertz CT molecular complexity index is 373. The number of aromatic nitrogens is 2. The predicted octanol–water partition coefficient (Wildman–Crippen LogP) is 1.70. The van der Waals surface area contributed by atoms with E-state index in [0.29, 0.717) is 0 Å². The molecule has 1 aromatic heterocycles. The molecule has 19 heavy (non-hydrogen) atoms. The summed E-state index contributed by atoms with van der Waals surface area (Å²) in [4.78, 5) is 11.3. The van der Waals surface area contributed by atoms with Gasteiger partial charge in [-0.3, -0.25) is 4.90 Å². The number of nitrogens with one attached hydrogen (secondary N) is 2. The third-order valence-electron chi connectivity index (χ3n) is 2.98. The highest BCUT2D eigenvalue weighted by Gasteiger charge is 2.09. The summed E-state index contributed by atoms with van der Waals surface area (Å²) in [5.41, 5.74) is 0. The largest absolute Gasteiger partial charge is 0.373 e. The van der Waals surface area contributed by atoms with E-state index in [2.05, 4.69) is 25.5 Å². The summed E-state index contributed by atoms with van der Waals surface area (Å²) in [5.74, 6) is 4.27. The standard InChI is InChI=1S/C12H21N5S2/c1-13-10-9-11(16-12(15-10)18-2)14-3-4-17-5-7-19-8-6-17/h9H,3-8H2,1-2H3,(H2,13,14,15,16). The van der Waals surface area contributed by atoms with Crippen molar-refractivity contribution in [1.82, 2.24) is 14.9 Å². The monoisotopic (exact) mass is 299 g/mol. The van der Waals surface area contributed by atoms with E-state index >= 15 is 0 Å². The van der Waals surface area contributed by atoms with Crippen molar-refractivity contribution in [2.75, 3.05) is 61.6 Å². The van der Waals surface area contributed by atoms with E-state index in [0.717, 1.165) is 29.9 Å². The molecule has 0 radical (unpaired) electrons. The molecule has 1 saturated heterocycles. The molecule has 0 atom stereocenters. The fraction of sp³-hybridized carbons (Fsp3) is 0.667. The minimum Gasteiger partial charge on any atom is -0.373 e. The summed E-state index contributed by atoms with van der Waals surface area (Å²) in [7, 11) is 1.88. The molecule has 2 heterocycles. The zero-order chi connectivity index (χ0) is 13.5. The molecule has 0 aromatic carbocycles. The average molecular weight is 299 g/mol. The van der Waals surface area contributed by atoms with Gasteiger partial charge in [0.2, 0.25) is 0 Å². The van der Waals surface area contributed by atoms with Crippen molar-refractivity contribution in [2.45, 2.75) is 5.16 Å². The number of hydrogen-bond donors (Lipinski definition) is 2. The van der Waals surface area contributed by atoms with Crippen LogP contribution < -0.4 is 10.6 Å². The van der Waals surface area contributed by atoms with Gasteiger partial charge in [-0.25, -0.2) is 9.97 Å². The van der Waals surface area contributed by atoms with E-state index in [4.69, 9.17) is 0 Å². The molecule has 1 fully saturated rings. The minimum absolute atomic E-state index is 0.795. The summed E-state index contributed by atoms with van der Waals surface area (Å²) in [6.07, 6.45) is 1.99. The smallest absolute Gasteiger partial charge is 0.191 e. The van der Waals surface area contributed by atoms with Gasteiger partial charge in [0.15, 0.2) is 5.16 Å². The van der Waals surface area contributed by atoms with Crippen molar-refractivity contribution < 1.29 is 0 Å². The van der Waals surface area contributed by atoms with Gasteiger partial charge in [-0.2, -0.15) is 11.8 Å². The average Bonchev–Trinajstić information content (AvgIpc) is 2.48. The lowest BCUT2D eigenvalue weighted by atomic mass is 10.4. The lowest BCUT2D eigenvalue weighted by molar-refractivity contribution is 0.314. The van der Waals surface area contributed by atoms with Crippen LogP contribution in [0.1, 0.15) is 0 Å². The summed E-state index contributed by atoms with van der Waals surface area (Å²) in [6, 6.07) is 1.95. The quantitative estimate of drug-likeness (QED) is 0.612. The van der Waals surface area contributed by atoms with Crippen molar-refractivity contribution >= 4 is 35.2 Å². The Hall–Kier alpha value is -0.660. The highest BCUT2D eigenvalue weighted by molar-refractivity contribution is 7.99. The first-order valence-corrected chi connectivity index (χ1v) is 8.84. The van der Waals surface area contributed by atoms with Crippen molar-refractivity contribution in [3.05, 3.63) is 6.07 Å². The Labute approximate surface area is 123 Å². The minimum atomic E-state index is 0.795. The molecule has 0 amide bonds. The van der Waals surface area contributed by atoms with E-state index in [1.54, 1.807) is 11.8 Å². The van der Waals surface area contributed by atoms with Gasteiger partial charge in [0.1, 0.15) is 11.6 Å². The normalized spacial score (nSPS) is 16.3. The molecular weight excluding hydrogens is 278 g/mol. The molecule has 5 nitrogen and oxygen atoms in total. The molecule has 0 bridgehead atoms. The van der Waals surface area contributed by atoms with Gasteiger partial charge in [-0.15, -0.1) is 0 Å². The van der Waals surface area contributed by atoms with Crippen molar-refractivity contribution in [3.8, 4) is 0 Å². The summed E-state index contributed by atoms with van der Waals surface area (Å²) in [5, 5.41) is 7.25. The number of nitrogens with zero attached hydrogens (tertiary/aromatic N) is 3. The van der Waals surface area contributed by atoms with Crippen LogP contribution in [0.3, 0.4) is 0 Å². The third kappa shape index (κ3) is 4.74. The molecule has 2 N–H and O–H groups in total. The third-order valence-corrected chi connectivity index (χ3v) is 4.47. The number of rotatable bonds is 6. The molecule has 106 valence electrons. The Morgan fingerprint density at radius 3 is 2.74 bits per heavy atom. The lowest BCUT2D eigenvalue weighted by Crippen LogP contribution is -2.36. The van der Waals surface area contributed by atoms with Crippen LogP contribution >= 0.6 is 23.5 Å². The Kier molecular flexibility index (Phi) is 6.06. The van der Waals surface area contributed by atoms with Crippen LogP contribution in [-0.4, -0.2) is 65.9 Å². The van der Waals surface area contributed by atoms with Gasteiger partial charge < -0.3 is 10.6 Å². The number of thioether (sulfide) groups is 2. The summed E-state index contributed by atoms with van der Waals surface area (Å²) in [6.45, 7) is 4.41. The second kappa shape index (κ2) is 7.81. The van der Waals surface area contributed by atoms with Crippen LogP contribution in [0.2, 0.25) is 0 Å². The first kappa shape index (κ1) is 14.7. The molecule has 1 aromatic rings. The van der Waals surface area contributed by atoms with Crippen molar-refractivity contribution in [1.29, 1.82) is 0 Å². The number of hydrogen-bond acceptors (Lipinski definition) is 7. The Morgan fingerprint density at radius 1 is 1.32 bits per heavy atom. The Balaban J connectivity index is 1.84. The van der Waals surface area contributed by atoms with Gasteiger partial charge in [0.25, 0.3) is 0 Å². The fourth-order valence-corrected chi connectivity index (χ4v) is 3.26. The predicted molar refractivity (Wildman–Crippen MR) is 85.6 cm³/mol. The van der Waals surface area contributed by atoms with Crippen molar-refractivity contribution in [2.24, 2.45) is 0 Å². The first-order valence-electron chi connectivity index (χ1n) is 6.46. The van der Waals surface area contributed by atoms with E-state index < -0.39 is 0 Å². The van der Waals surface area contributed by atoms with Crippen LogP contribution in [0.5, 0.6) is 0 Å². The molecule has 0 aliphatic carbocycles. The van der Waals surface area contributed by atoms with E-state index in [1.165, 1.54) is 24.6 Å². The Morgan fingerprint density at radius 2 is 2.05 bits per heavy atom. The van der Waals surface area contributed by atoms with Crippen LogP contribution in [0.4, 0.5) is 11.6 Å². The number of anilines is 2. The molecule has 0 unspecified atom stereocenters. The molecule has 0 spiro atoms. The second-order valence-electron chi connectivity index (χ2n) is 4.26. The van der Waals surface area contributed by atoms with Crippen LogP contribution in [0, 0.1) is 0 Å². The fourth-order valence-electron chi connectivity index (χ4n) is 1.90. The maximum Gasteiger partial charge on any atom is 0.191 e.